The van der Waals surface area contributed by atoms with E-state index < -0.39 is 36.7 Å². The Morgan fingerprint density at radius 3 is 2.44 bits per heavy atom. The average molecular weight is 447 g/mol. The fraction of sp³-hybridized carbons (Fsp3) is 0.435. The van der Waals surface area contributed by atoms with Gasteiger partial charge >= 0.3 is 5.97 Å². The first-order chi connectivity index (χ1) is 15.3. The molecule has 2 aromatic carbocycles. The number of aliphatic hydroxyl groups excluding tert-OH is 3. The number of carbonyl (C=O) groups is 1. The third-order valence-electron chi connectivity index (χ3n) is 5.31. The predicted molar refractivity (Wildman–Crippen MR) is 114 cm³/mol. The molecule has 0 saturated carbocycles. The van der Waals surface area contributed by atoms with E-state index in [0.717, 1.165) is 24.1 Å². The van der Waals surface area contributed by atoms with Crippen LogP contribution in [-0.4, -0.2) is 70.7 Å². The summed E-state index contributed by atoms with van der Waals surface area (Å²) in [5.74, 6) is -0.532. The van der Waals surface area contributed by atoms with Crippen molar-refractivity contribution in [2.75, 3.05) is 13.6 Å². The maximum Gasteiger partial charge on any atom is 0.335 e. The van der Waals surface area contributed by atoms with Crippen molar-refractivity contribution in [1.29, 1.82) is 0 Å². The maximum absolute atomic E-state index is 11.3. The van der Waals surface area contributed by atoms with E-state index >= 15 is 0 Å². The Kier molecular flexibility index (Phi) is 8.05. The lowest BCUT2D eigenvalue weighted by Crippen LogP contribution is -2.61. The number of benzene rings is 2. The molecule has 0 bridgehead atoms. The van der Waals surface area contributed by atoms with Crippen LogP contribution in [0.2, 0.25) is 0 Å². The van der Waals surface area contributed by atoms with Crippen molar-refractivity contribution in [2.45, 2.75) is 50.2 Å². The van der Waals surface area contributed by atoms with E-state index in [9.17, 15) is 20.1 Å². The smallest absolute Gasteiger partial charge is 0.335 e. The van der Waals surface area contributed by atoms with Crippen molar-refractivity contribution < 1.29 is 39.4 Å². The molecule has 5 unspecified atom stereocenters. The number of rotatable bonds is 9. The van der Waals surface area contributed by atoms with E-state index in [1.54, 1.807) is 18.2 Å². The predicted octanol–water partition coefficient (Wildman–Crippen LogP) is 0.996. The monoisotopic (exact) mass is 447 g/mol. The van der Waals surface area contributed by atoms with Crippen molar-refractivity contribution in [2.24, 2.45) is 0 Å². The Bertz CT molecular complexity index is 893. The van der Waals surface area contributed by atoms with Crippen LogP contribution in [0.3, 0.4) is 0 Å². The fourth-order valence-electron chi connectivity index (χ4n) is 3.50. The Morgan fingerprint density at radius 2 is 1.81 bits per heavy atom. The molecule has 2 aromatic rings. The number of aryl methyl sites for hydroxylation is 1. The number of ether oxygens (including phenoxy) is 3. The molecule has 1 heterocycles. The molecule has 6 atom stereocenters. The average Bonchev–Trinajstić information content (AvgIpc) is 2.78. The summed E-state index contributed by atoms with van der Waals surface area (Å²) in [5.41, 5.74) is 1.81. The van der Waals surface area contributed by atoms with Crippen LogP contribution in [0.4, 0.5) is 0 Å². The molecule has 32 heavy (non-hydrogen) atoms. The summed E-state index contributed by atoms with van der Waals surface area (Å²) in [4.78, 5) is 11.3. The summed E-state index contributed by atoms with van der Waals surface area (Å²) in [7, 11) is 1.88. The third-order valence-corrected chi connectivity index (χ3v) is 5.31. The van der Waals surface area contributed by atoms with Gasteiger partial charge < -0.3 is 40.0 Å². The minimum atomic E-state index is -1.77. The lowest BCUT2D eigenvalue weighted by atomic mass is 9.99. The van der Waals surface area contributed by atoms with Gasteiger partial charge in [-0.2, -0.15) is 0 Å². The second kappa shape index (κ2) is 10.8. The molecule has 5 N–H and O–H groups in total. The molecule has 0 spiro atoms. The van der Waals surface area contributed by atoms with Crippen LogP contribution < -0.4 is 14.8 Å². The molecule has 0 amide bonds. The van der Waals surface area contributed by atoms with Gasteiger partial charge in [0.05, 0.1) is 0 Å². The van der Waals surface area contributed by atoms with Crippen LogP contribution in [0, 0.1) is 6.92 Å². The maximum atomic E-state index is 11.3. The molecular formula is C23H29NO8. The second-order valence-electron chi connectivity index (χ2n) is 7.69. The number of nitrogens with one attached hydrogen (secondary N) is 1. The lowest BCUT2D eigenvalue weighted by Gasteiger charge is -2.38. The summed E-state index contributed by atoms with van der Waals surface area (Å²) in [6.07, 6.45) is -7.71. The van der Waals surface area contributed by atoms with Crippen molar-refractivity contribution in [3.8, 4) is 11.5 Å². The first kappa shape index (κ1) is 24.0. The molecular weight excluding hydrogens is 418 g/mol. The first-order valence-corrected chi connectivity index (χ1v) is 10.4. The molecule has 1 saturated heterocycles. The zero-order chi connectivity index (χ0) is 23.3. The standard InChI is InChI=1S/C23H29NO8/c1-13-12-15(30-23-20(27)18(25)19(26)21(32-23)22(28)29)8-9-16(13)31-17(10-11-24-2)14-6-4-3-5-7-14/h3-9,12,17-21,23-27H,10-11H2,1-2H3,(H,28,29)/t17-,18?,19?,20?,21?,23?/m0/s1. The SMILES string of the molecule is CNCC[C@H](Oc1ccc(OC2OC(C(=O)O)C(O)C(O)C2O)cc1C)c1ccccc1. The number of carboxylic acids is 1. The molecule has 3 rings (SSSR count). The summed E-state index contributed by atoms with van der Waals surface area (Å²) < 4.78 is 17.0. The molecule has 1 fully saturated rings. The van der Waals surface area contributed by atoms with E-state index in [1.807, 2.05) is 44.3 Å². The van der Waals surface area contributed by atoms with Gasteiger partial charge in [0.15, 0.2) is 6.10 Å². The van der Waals surface area contributed by atoms with Gasteiger partial charge in [-0.3, -0.25) is 0 Å². The Labute approximate surface area is 186 Å². The normalized spacial score (nSPS) is 26.3. The summed E-state index contributed by atoms with van der Waals surface area (Å²) in [6, 6.07) is 14.9. The summed E-state index contributed by atoms with van der Waals surface area (Å²) in [5, 5.41) is 42.2. The molecule has 0 aromatic heterocycles. The van der Waals surface area contributed by atoms with E-state index in [2.05, 4.69) is 5.32 Å². The van der Waals surface area contributed by atoms with Crippen molar-refractivity contribution >= 4 is 5.97 Å². The second-order valence-corrected chi connectivity index (χ2v) is 7.69. The molecule has 1 aliphatic heterocycles. The van der Waals surface area contributed by atoms with Gasteiger partial charge in [-0.05, 0) is 49.8 Å². The van der Waals surface area contributed by atoms with E-state index in [4.69, 9.17) is 19.3 Å². The first-order valence-electron chi connectivity index (χ1n) is 10.4. The highest BCUT2D eigenvalue weighted by Gasteiger charge is 2.48. The quantitative estimate of drug-likeness (QED) is 0.381. The topological polar surface area (TPSA) is 138 Å². The van der Waals surface area contributed by atoms with Crippen LogP contribution in [0.25, 0.3) is 0 Å². The zero-order valence-electron chi connectivity index (χ0n) is 17.9. The Hall–Kier alpha value is -2.69. The summed E-state index contributed by atoms with van der Waals surface area (Å²) >= 11 is 0. The van der Waals surface area contributed by atoms with Gasteiger partial charge in [0.1, 0.15) is 35.9 Å². The minimum absolute atomic E-state index is 0.162. The number of carboxylic acid groups (broad SMARTS) is 1. The van der Waals surface area contributed by atoms with Crippen LogP contribution in [-0.2, 0) is 9.53 Å². The molecule has 174 valence electrons. The van der Waals surface area contributed by atoms with Crippen molar-refractivity contribution in [3.05, 3.63) is 59.7 Å². The third kappa shape index (κ3) is 5.56. The Morgan fingerprint density at radius 1 is 1.09 bits per heavy atom. The number of hydrogen-bond acceptors (Lipinski definition) is 8. The highest BCUT2D eigenvalue weighted by Crippen LogP contribution is 2.31. The van der Waals surface area contributed by atoms with Crippen LogP contribution in [0.5, 0.6) is 11.5 Å². The van der Waals surface area contributed by atoms with Crippen LogP contribution in [0.1, 0.15) is 23.7 Å². The lowest BCUT2D eigenvalue weighted by molar-refractivity contribution is -0.271. The molecule has 1 aliphatic rings. The van der Waals surface area contributed by atoms with Gasteiger partial charge in [-0.15, -0.1) is 0 Å². The zero-order valence-corrected chi connectivity index (χ0v) is 17.9. The molecule has 9 nitrogen and oxygen atoms in total. The minimum Gasteiger partial charge on any atom is -0.485 e. The summed E-state index contributed by atoms with van der Waals surface area (Å²) in [6.45, 7) is 2.61. The van der Waals surface area contributed by atoms with Gasteiger partial charge in [0.2, 0.25) is 6.29 Å². The molecule has 0 aliphatic carbocycles. The van der Waals surface area contributed by atoms with E-state index in [1.165, 1.54) is 0 Å². The van der Waals surface area contributed by atoms with Crippen molar-refractivity contribution in [1.82, 2.24) is 5.32 Å². The number of aliphatic hydroxyl groups is 3. The number of aliphatic carboxylic acids is 1. The van der Waals surface area contributed by atoms with Gasteiger partial charge in [0, 0.05) is 6.42 Å². The van der Waals surface area contributed by atoms with Crippen LogP contribution in [0.15, 0.2) is 48.5 Å². The Balaban J connectivity index is 1.73. The number of hydrogen-bond donors (Lipinski definition) is 5. The van der Waals surface area contributed by atoms with E-state index in [0.29, 0.717) is 5.75 Å². The largest absolute Gasteiger partial charge is 0.485 e. The highest BCUT2D eigenvalue weighted by atomic mass is 16.7. The van der Waals surface area contributed by atoms with Gasteiger partial charge in [-0.25, -0.2) is 4.79 Å². The van der Waals surface area contributed by atoms with E-state index in [-0.39, 0.29) is 11.9 Å². The van der Waals surface area contributed by atoms with Gasteiger partial charge in [0.25, 0.3) is 0 Å². The highest BCUT2D eigenvalue weighted by molar-refractivity contribution is 5.73. The molecule has 0 radical (unpaired) electrons. The van der Waals surface area contributed by atoms with Crippen molar-refractivity contribution in [3.63, 3.8) is 0 Å². The molecule has 9 heteroatoms. The van der Waals surface area contributed by atoms with Crippen LogP contribution >= 0.6 is 0 Å². The fourth-order valence-corrected chi connectivity index (χ4v) is 3.50. The van der Waals surface area contributed by atoms with Gasteiger partial charge in [-0.1, -0.05) is 30.3 Å².